The third kappa shape index (κ3) is 4.39. The normalized spacial score (nSPS) is 13.5. The van der Waals surface area contributed by atoms with Crippen molar-refractivity contribution in [3.05, 3.63) is 29.3 Å². The van der Waals surface area contributed by atoms with E-state index in [-0.39, 0.29) is 11.5 Å². The number of hydrogen-bond donors (Lipinski definition) is 1. The Kier molecular flexibility index (Phi) is 4.58. The molecule has 0 saturated carbocycles. The summed E-state index contributed by atoms with van der Waals surface area (Å²) in [5.41, 5.74) is 2.54. The van der Waals surface area contributed by atoms with Crippen LogP contribution in [0.25, 0.3) is 0 Å². The molecular weight excluding hydrogens is 212 g/mol. The van der Waals surface area contributed by atoms with Gasteiger partial charge in [-0.15, -0.1) is 0 Å². The molecule has 0 bridgehead atoms. The minimum absolute atomic E-state index is 0.0786. The smallest absolute Gasteiger partial charge is 0.122 e. The van der Waals surface area contributed by atoms with Gasteiger partial charge in [-0.25, -0.2) is 0 Å². The number of aliphatic hydroxyl groups excluding tert-OH is 1. The van der Waals surface area contributed by atoms with Gasteiger partial charge in [-0.3, -0.25) is 0 Å². The van der Waals surface area contributed by atoms with E-state index < -0.39 is 0 Å². The van der Waals surface area contributed by atoms with E-state index in [1.54, 1.807) is 7.11 Å². The summed E-state index contributed by atoms with van der Waals surface area (Å²) >= 11 is 0. The summed E-state index contributed by atoms with van der Waals surface area (Å²) in [6.07, 6.45) is 1.45. The molecule has 1 atom stereocenters. The molecule has 17 heavy (non-hydrogen) atoms. The van der Waals surface area contributed by atoms with Crippen LogP contribution in [0.1, 0.15) is 38.3 Å². The molecule has 0 spiro atoms. The van der Waals surface area contributed by atoms with E-state index in [4.69, 9.17) is 4.74 Å². The Balaban J connectivity index is 2.89. The number of benzene rings is 1. The lowest BCUT2D eigenvalue weighted by atomic mass is 9.80. The highest BCUT2D eigenvalue weighted by atomic mass is 16.5. The van der Waals surface area contributed by atoms with E-state index in [9.17, 15) is 5.11 Å². The largest absolute Gasteiger partial charge is 0.496 e. The molecule has 1 aromatic rings. The summed E-state index contributed by atoms with van der Waals surface area (Å²) in [5.74, 6) is 0.939. The monoisotopic (exact) mass is 236 g/mol. The maximum absolute atomic E-state index is 9.52. The minimum Gasteiger partial charge on any atom is -0.496 e. The SMILES string of the molecule is COc1ccc(C)cc1CC(C)(C)CC(C)O. The molecule has 96 valence electrons. The Morgan fingerprint density at radius 1 is 1.35 bits per heavy atom. The Morgan fingerprint density at radius 3 is 2.53 bits per heavy atom. The van der Waals surface area contributed by atoms with E-state index in [0.29, 0.717) is 0 Å². The van der Waals surface area contributed by atoms with Crippen molar-refractivity contribution in [1.29, 1.82) is 0 Å². The van der Waals surface area contributed by atoms with Crippen LogP contribution in [0.3, 0.4) is 0 Å². The van der Waals surface area contributed by atoms with Crippen molar-refractivity contribution in [2.45, 2.75) is 46.6 Å². The predicted molar refractivity (Wildman–Crippen MR) is 71.5 cm³/mol. The Bertz CT molecular complexity index is 367. The first kappa shape index (κ1) is 14.0. The lowest BCUT2D eigenvalue weighted by Crippen LogP contribution is -2.21. The van der Waals surface area contributed by atoms with Crippen molar-refractivity contribution >= 4 is 0 Å². The quantitative estimate of drug-likeness (QED) is 0.849. The summed E-state index contributed by atoms with van der Waals surface area (Å²) in [4.78, 5) is 0. The van der Waals surface area contributed by atoms with E-state index in [2.05, 4.69) is 32.9 Å². The number of hydrogen-bond acceptors (Lipinski definition) is 2. The van der Waals surface area contributed by atoms with Gasteiger partial charge in [-0.1, -0.05) is 31.5 Å². The van der Waals surface area contributed by atoms with Crippen molar-refractivity contribution in [1.82, 2.24) is 0 Å². The average Bonchev–Trinajstić information content (AvgIpc) is 2.14. The third-order valence-corrected chi connectivity index (χ3v) is 2.95. The molecule has 0 aromatic heterocycles. The lowest BCUT2D eigenvalue weighted by molar-refractivity contribution is 0.129. The van der Waals surface area contributed by atoms with Gasteiger partial charge in [0.2, 0.25) is 0 Å². The molecule has 2 nitrogen and oxygen atoms in total. The molecule has 0 aliphatic heterocycles. The third-order valence-electron chi connectivity index (χ3n) is 2.95. The van der Waals surface area contributed by atoms with Gasteiger partial charge in [-0.05, 0) is 43.7 Å². The van der Waals surface area contributed by atoms with Crippen LogP contribution < -0.4 is 4.74 Å². The van der Waals surface area contributed by atoms with Gasteiger partial charge in [0.1, 0.15) is 5.75 Å². The zero-order valence-electron chi connectivity index (χ0n) is 11.6. The molecular formula is C15H24O2. The number of methoxy groups -OCH3 is 1. The maximum Gasteiger partial charge on any atom is 0.122 e. The molecule has 1 aromatic carbocycles. The van der Waals surface area contributed by atoms with Gasteiger partial charge >= 0.3 is 0 Å². The molecule has 2 heteroatoms. The Morgan fingerprint density at radius 2 is 2.00 bits per heavy atom. The molecule has 0 aliphatic rings. The van der Waals surface area contributed by atoms with E-state index in [0.717, 1.165) is 18.6 Å². The zero-order valence-corrected chi connectivity index (χ0v) is 11.6. The molecule has 0 aliphatic carbocycles. The zero-order chi connectivity index (χ0) is 13.1. The number of rotatable bonds is 5. The molecule has 0 saturated heterocycles. The van der Waals surface area contributed by atoms with Gasteiger partial charge in [0, 0.05) is 0 Å². The standard InChI is InChI=1S/C15H24O2/c1-11-6-7-14(17-5)13(8-11)10-15(3,4)9-12(2)16/h6-8,12,16H,9-10H2,1-5H3. The second kappa shape index (κ2) is 5.54. The lowest BCUT2D eigenvalue weighted by Gasteiger charge is -2.27. The molecule has 1 rings (SSSR count). The van der Waals surface area contributed by atoms with Crippen LogP contribution in [0.4, 0.5) is 0 Å². The van der Waals surface area contributed by atoms with Crippen LogP contribution in [-0.2, 0) is 6.42 Å². The highest BCUT2D eigenvalue weighted by Gasteiger charge is 2.22. The minimum atomic E-state index is -0.263. The van der Waals surface area contributed by atoms with Crippen molar-refractivity contribution in [2.24, 2.45) is 5.41 Å². The van der Waals surface area contributed by atoms with Crippen molar-refractivity contribution < 1.29 is 9.84 Å². The Labute approximate surface area is 105 Å². The summed E-state index contributed by atoms with van der Waals surface area (Å²) < 4.78 is 5.39. The van der Waals surface area contributed by atoms with Crippen molar-refractivity contribution in [3.63, 3.8) is 0 Å². The number of aryl methyl sites for hydroxylation is 1. The second-order valence-electron chi connectivity index (χ2n) is 5.71. The van der Waals surface area contributed by atoms with Crippen LogP contribution in [0.5, 0.6) is 5.75 Å². The number of aliphatic hydroxyl groups is 1. The van der Waals surface area contributed by atoms with Gasteiger partial charge in [0.15, 0.2) is 0 Å². The van der Waals surface area contributed by atoms with Gasteiger partial charge < -0.3 is 9.84 Å². The first-order valence-corrected chi connectivity index (χ1v) is 6.15. The van der Waals surface area contributed by atoms with E-state index >= 15 is 0 Å². The molecule has 0 fully saturated rings. The highest BCUT2D eigenvalue weighted by molar-refractivity contribution is 5.37. The van der Waals surface area contributed by atoms with Crippen molar-refractivity contribution in [3.8, 4) is 5.75 Å². The fourth-order valence-electron chi connectivity index (χ4n) is 2.43. The average molecular weight is 236 g/mol. The van der Waals surface area contributed by atoms with Crippen LogP contribution in [0, 0.1) is 12.3 Å². The molecule has 0 heterocycles. The summed E-state index contributed by atoms with van der Waals surface area (Å²) in [6.45, 7) is 8.29. The molecule has 0 radical (unpaired) electrons. The van der Waals surface area contributed by atoms with Crippen LogP contribution in [0.15, 0.2) is 18.2 Å². The van der Waals surface area contributed by atoms with E-state index in [1.165, 1.54) is 11.1 Å². The first-order chi connectivity index (χ1) is 7.84. The van der Waals surface area contributed by atoms with Gasteiger partial charge in [0.25, 0.3) is 0 Å². The van der Waals surface area contributed by atoms with Crippen molar-refractivity contribution in [2.75, 3.05) is 7.11 Å². The van der Waals surface area contributed by atoms with Gasteiger partial charge in [-0.2, -0.15) is 0 Å². The summed E-state index contributed by atoms with van der Waals surface area (Å²) in [6, 6.07) is 6.25. The van der Waals surface area contributed by atoms with Crippen LogP contribution in [0.2, 0.25) is 0 Å². The molecule has 1 unspecified atom stereocenters. The molecule has 0 amide bonds. The van der Waals surface area contributed by atoms with E-state index in [1.807, 2.05) is 13.0 Å². The molecule has 1 N–H and O–H groups in total. The highest BCUT2D eigenvalue weighted by Crippen LogP contribution is 2.32. The number of ether oxygens (including phenoxy) is 1. The topological polar surface area (TPSA) is 29.5 Å². The summed E-state index contributed by atoms with van der Waals surface area (Å²) in [7, 11) is 1.70. The van der Waals surface area contributed by atoms with Crippen LogP contribution >= 0.6 is 0 Å². The van der Waals surface area contributed by atoms with Gasteiger partial charge in [0.05, 0.1) is 13.2 Å². The fourth-order valence-corrected chi connectivity index (χ4v) is 2.43. The Hall–Kier alpha value is -1.02. The first-order valence-electron chi connectivity index (χ1n) is 6.15. The summed E-state index contributed by atoms with van der Waals surface area (Å²) in [5, 5.41) is 9.52. The maximum atomic E-state index is 9.52. The van der Waals surface area contributed by atoms with Crippen LogP contribution in [-0.4, -0.2) is 18.3 Å². The predicted octanol–water partition coefficient (Wildman–Crippen LogP) is 3.34. The second-order valence-corrected chi connectivity index (χ2v) is 5.71. The fraction of sp³-hybridized carbons (Fsp3) is 0.600.